The molecule has 32 radical (unpaired) electrons. The molecule has 0 aliphatic heterocycles. The normalized spacial score (nSPS) is 7.33. The van der Waals surface area contributed by atoms with Crippen LogP contribution in [0.3, 0.4) is 0 Å². The highest BCUT2D eigenvalue weighted by Gasteiger charge is 1.97. The third-order valence-corrected chi connectivity index (χ3v) is 3.49. The van der Waals surface area contributed by atoms with Gasteiger partial charge in [0.25, 0.3) is 0 Å². The van der Waals surface area contributed by atoms with E-state index in [0.29, 0.717) is 0 Å². The predicted molar refractivity (Wildman–Crippen MR) is 205 cm³/mol. The van der Waals surface area contributed by atoms with Gasteiger partial charge in [-0.05, 0) is 0 Å². The molecular weight excluding hydrogens is 396 g/mol. The lowest BCUT2D eigenvalue weighted by atomic mass is 8.88. The average molecular weight is 413 g/mol. The molecule has 0 amide bonds. The molecule has 0 unspecified atom stereocenters. The molecule has 0 saturated heterocycles. The van der Waals surface area contributed by atoms with Gasteiger partial charge in [-0.25, -0.2) is 0 Å². The Morgan fingerprint density at radius 3 is 1.03 bits per heavy atom. The van der Waals surface area contributed by atoms with Crippen LogP contribution < -0.4 is 0 Å². The Morgan fingerprint density at radius 2 is 0.639 bits per heavy atom. The summed E-state index contributed by atoms with van der Waals surface area (Å²) in [5.41, 5.74) is 0. The van der Waals surface area contributed by atoms with Crippen molar-refractivity contribution in [1.29, 1.82) is 0 Å². The van der Waals surface area contributed by atoms with Crippen LogP contribution in [0.25, 0.3) is 0 Å². The Kier molecular flexibility index (Phi) is 55.1. The highest BCUT2D eigenvalue weighted by molar-refractivity contribution is 7.70. The zero-order valence-corrected chi connectivity index (χ0v) is 22.7. The van der Waals surface area contributed by atoms with Gasteiger partial charge in [0.15, 0.2) is 0 Å². The van der Waals surface area contributed by atoms with E-state index in [-0.39, 0.29) is 0 Å². The molecule has 0 spiro atoms. The van der Waals surface area contributed by atoms with E-state index in [9.17, 15) is 0 Å². The summed E-state index contributed by atoms with van der Waals surface area (Å²) >= 11 is 0. The van der Waals surface area contributed by atoms with E-state index in [2.05, 4.69) is 21.3 Å². The molecule has 0 aliphatic rings. The summed E-state index contributed by atoms with van der Waals surface area (Å²) < 4.78 is 0. The predicted octanol–water partition coefficient (Wildman–Crippen LogP) is -8.24. The van der Waals surface area contributed by atoms with E-state index in [4.69, 9.17) is 15.5 Å². The summed E-state index contributed by atoms with van der Waals surface area (Å²) in [6, 6.07) is 0. The van der Waals surface area contributed by atoms with E-state index >= 15 is 0 Å². The second-order valence-corrected chi connectivity index (χ2v) is 6.58. The van der Waals surface area contributed by atoms with Crippen LogP contribution in [-0.4, -0.2) is 214 Å². The molecule has 30 heteroatoms. The Balaban J connectivity index is -0.000000454. The third-order valence-electron chi connectivity index (χ3n) is 3.49. The Morgan fingerprint density at radius 1 is 0.361 bits per heavy atom. The lowest BCUT2D eigenvalue weighted by Gasteiger charge is -1.94. The summed E-state index contributed by atoms with van der Waals surface area (Å²) in [4.78, 5) is 0. The van der Waals surface area contributed by atoms with Crippen molar-refractivity contribution in [2.45, 2.75) is 39.9 Å². The molecule has 0 aromatic heterocycles. The molecule has 0 aromatic rings. The molecule has 0 aromatic carbocycles. The molecule has 0 saturated carbocycles. The Labute approximate surface area is 252 Å². The van der Waals surface area contributed by atoms with Gasteiger partial charge >= 0.3 is 0 Å². The summed E-state index contributed by atoms with van der Waals surface area (Å²) in [6.07, 6.45) is 2.02. The SMILES string of the molecule is C[B][B][B][B][B][B][B][B][B][B]C.[B][B][B][B][B]C[B][B][B][B][B]C.[B][B][B][B][B][B][B][B][B][B]CC. The van der Waals surface area contributed by atoms with Gasteiger partial charge in [-0.15, -0.1) is 26.7 Å². The molecule has 0 fully saturated rings. The van der Waals surface area contributed by atoms with Crippen LogP contribution in [-0.2, 0) is 0 Å². The quantitative estimate of drug-likeness (QED) is 0.0929. The first kappa shape index (κ1) is 42.4. The first-order valence-electron chi connectivity index (χ1n) is 12.3. The first-order chi connectivity index (χ1) is 17.7. The van der Waals surface area contributed by atoms with E-state index < -0.39 is 0 Å². The fourth-order valence-electron chi connectivity index (χ4n) is 1.84. The number of hydrogen-bond donors (Lipinski definition) is 0. The molecular formula is C6H16B30. The maximum absolute atomic E-state index is 5.14. The molecule has 0 atom stereocenters. The minimum atomic E-state index is 0.943. The van der Waals surface area contributed by atoms with Crippen LogP contribution in [0, 0.1) is 0 Å². The highest BCUT2D eigenvalue weighted by atomic mass is 13.3. The van der Waals surface area contributed by atoms with Crippen LogP contribution in [0.1, 0.15) is 6.92 Å². The molecule has 0 aliphatic carbocycles. The van der Waals surface area contributed by atoms with Crippen LogP contribution in [0.15, 0.2) is 0 Å². The van der Waals surface area contributed by atoms with Crippen molar-refractivity contribution in [3.63, 3.8) is 0 Å². The molecule has 0 N–H and O–H groups in total. The number of rotatable bonds is 27. The minimum absolute atomic E-state index is 0.943. The molecule has 130 valence electrons. The first-order valence-corrected chi connectivity index (χ1v) is 12.3. The van der Waals surface area contributed by atoms with Gasteiger partial charge in [0.1, 0.15) is 0 Å². The molecule has 0 nitrogen and oxygen atoms in total. The van der Waals surface area contributed by atoms with Crippen LogP contribution >= 0.6 is 0 Å². The zero-order chi connectivity index (χ0) is 27.2. The molecule has 0 heterocycles. The maximum atomic E-state index is 5.14. The van der Waals surface area contributed by atoms with Crippen molar-refractivity contribution in [1.82, 2.24) is 0 Å². The monoisotopic (exact) mass is 418 g/mol. The van der Waals surface area contributed by atoms with Gasteiger partial charge in [-0.2, -0.15) is 0 Å². The van der Waals surface area contributed by atoms with E-state index in [1.807, 2.05) is 183 Å². The topological polar surface area (TPSA) is 0 Å². The highest BCUT2D eigenvalue weighted by Crippen LogP contribution is 1.71. The maximum Gasteiger partial charge on any atom is 0.0541 e. The Bertz CT molecular complexity index is 240. The lowest BCUT2D eigenvalue weighted by molar-refractivity contribution is 1.47. The smallest absolute Gasteiger partial charge is 0.0541 e. The van der Waals surface area contributed by atoms with Crippen molar-refractivity contribution >= 4 is 214 Å². The van der Waals surface area contributed by atoms with Crippen molar-refractivity contribution in [3.05, 3.63) is 0 Å². The number of hydrogen-bond acceptors (Lipinski definition) is 0. The van der Waals surface area contributed by atoms with Crippen LogP contribution in [0.4, 0.5) is 0 Å². The summed E-state index contributed by atoms with van der Waals surface area (Å²) in [7, 11) is 64.9. The van der Waals surface area contributed by atoms with Crippen molar-refractivity contribution in [3.8, 4) is 0 Å². The average Bonchev–Trinajstić information content (AvgIpc) is 2.90. The fourth-order valence-corrected chi connectivity index (χ4v) is 1.84. The molecule has 0 rings (SSSR count). The van der Waals surface area contributed by atoms with E-state index in [1.165, 1.54) is 14.1 Å². The summed E-state index contributed by atoms with van der Waals surface area (Å²) in [6.45, 7) is 8.11. The van der Waals surface area contributed by atoms with Crippen molar-refractivity contribution in [2.75, 3.05) is 0 Å². The van der Waals surface area contributed by atoms with Crippen molar-refractivity contribution < 1.29 is 0 Å². The molecule has 0 bridgehead atoms. The third kappa shape index (κ3) is 52.4. The van der Waals surface area contributed by atoms with Gasteiger partial charge in [0.05, 0.1) is 28.7 Å². The second-order valence-electron chi connectivity index (χ2n) is 6.58. The Hall–Kier alpha value is 1.95. The van der Waals surface area contributed by atoms with Crippen molar-refractivity contribution in [2.24, 2.45) is 0 Å². The second kappa shape index (κ2) is 46.8. The van der Waals surface area contributed by atoms with Gasteiger partial charge in [0.2, 0.25) is 0 Å². The summed E-state index contributed by atoms with van der Waals surface area (Å²) in [5, 5.41) is 0. The van der Waals surface area contributed by atoms with E-state index in [1.54, 1.807) is 7.06 Å². The molecule has 36 heavy (non-hydrogen) atoms. The largest absolute Gasteiger partial charge is 0.122 e. The fraction of sp³-hybridized carbons (Fsp3) is 1.00. The standard InChI is InChI=1S/C2H5B10.C2H6B10.C2H5B10/c1-4-8-12-10-6-2-5-9-11-7-3;1-3-5-7-9-11-12-10-8-6-4-2;1-2-4-6-8-10-12-11-9-7-5-3/h2H2,1H3;1-2H3;2H2,1H3. The van der Waals surface area contributed by atoms with Gasteiger partial charge in [-0.3, -0.25) is 0 Å². The van der Waals surface area contributed by atoms with E-state index in [0.717, 1.165) is 12.5 Å². The van der Waals surface area contributed by atoms with Crippen LogP contribution in [0.5, 0.6) is 0 Å². The van der Waals surface area contributed by atoms with Gasteiger partial charge in [-0.1, -0.05) is 13.2 Å². The zero-order valence-electron chi connectivity index (χ0n) is 22.7. The van der Waals surface area contributed by atoms with Gasteiger partial charge < -0.3 is 0 Å². The lowest BCUT2D eigenvalue weighted by Crippen LogP contribution is -2.31. The van der Waals surface area contributed by atoms with Gasteiger partial charge in [0, 0.05) is 185 Å². The minimum Gasteiger partial charge on any atom is -0.122 e. The van der Waals surface area contributed by atoms with Crippen LogP contribution in [0.2, 0.25) is 33.0 Å². The summed E-state index contributed by atoms with van der Waals surface area (Å²) in [5.74, 6) is 0.